The van der Waals surface area contributed by atoms with Crippen molar-refractivity contribution in [2.24, 2.45) is 5.92 Å². The summed E-state index contributed by atoms with van der Waals surface area (Å²) in [5.74, 6) is 2.23. The SMILES string of the molecule is C=CCCC(C(=C)NC)c1ccc(N2CC(CCN3CCN(C4CCN(c5ccc(Nc6ncc(Cl)c(Nc7cccc8c7N(SC)CC8)n6)c(CC)c5)CC4)CC3)C2)cc1. The number of hydrogen-bond acceptors (Lipinski definition) is 11. The van der Waals surface area contributed by atoms with E-state index in [1.165, 1.54) is 98.8 Å². The molecule has 4 aliphatic heterocycles. The summed E-state index contributed by atoms with van der Waals surface area (Å²) < 4.78 is 2.32. The van der Waals surface area contributed by atoms with Crippen LogP contribution in [-0.2, 0) is 12.8 Å². The van der Waals surface area contributed by atoms with E-state index in [1.807, 2.05) is 13.1 Å². The number of benzene rings is 3. The number of hydrogen-bond donors (Lipinski definition) is 3. The first-order valence-electron chi connectivity index (χ1n) is 22.5. The number of piperazine rings is 1. The Labute approximate surface area is 374 Å². The minimum absolute atomic E-state index is 0.320. The zero-order chi connectivity index (χ0) is 42.3. The molecule has 5 heterocycles. The predicted octanol–water partition coefficient (Wildman–Crippen LogP) is 9.72. The van der Waals surface area contributed by atoms with Crippen molar-refractivity contribution in [3.8, 4) is 0 Å². The molecule has 1 aromatic heterocycles. The Morgan fingerprint density at radius 1 is 0.934 bits per heavy atom. The van der Waals surface area contributed by atoms with Crippen LogP contribution in [0.15, 0.2) is 91.8 Å². The summed E-state index contributed by atoms with van der Waals surface area (Å²) >= 11 is 8.37. The number of likely N-dealkylation sites (N-methyl/N-ethyl adjacent to an activating group) is 1. The van der Waals surface area contributed by atoms with Crippen LogP contribution in [-0.4, -0.2) is 105 Å². The highest BCUT2D eigenvalue weighted by Gasteiger charge is 2.31. The van der Waals surface area contributed by atoms with E-state index in [4.69, 9.17) is 16.6 Å². The molecule has 0 aliphatic carbocycles. The topological polar surface area (TPSA) is 78.1 Å². The standard InChI is InChI=1S/C49H65ClN10S/c1-6-8-11-43(35(3)51-4)38-13-15-40(16-14-38)59-33-36(34-59)19-23-56-27-29-58(30-28-56)41-21-24-57(25-22-41)42-17-18-45(37(7-2)31-42)54-49-52-32-44(50)48(55-49)53-46-12-9-10-39-20-26-60(61-5)47(39)46/h6,9-10,12-18,31-32,36,41,43,51H,1,3,7-8,11,19-30,33-34H2,2,4-5H3,(H2,52,53,54,55). The zero-order valence-electron chi connectivity index (χ0n) is 36.5. The van der Waals surface area contributed by atoms with Crippen molar-refractivity contribution < 1.29 is 0 Å². The van der Waals surface area contributed by atoms with Crippen molar-refractivity contribution in [2.75, 3.05) is 103 Å². The van der Waals surface area contributed by atoms with Crippen LogP contribution in [0.4, 0.5) is 40.2 Å². The molecule has 1 atom stereocenters. The molecule has 0 radical (unpaired) electrons. The van der Waals surface area contributed by atoms with E-state index in [2.05, 4.69) is 132 Å². The summed E-state index contributed by atoms with van der Waals surface area (Å²) in [6.07, 6.45) is 13.5. The number of nitrogens with one attached hydrogen (secondary N) is 3. The third-order valence-electron chi connectivity index (χ3n) is 13.5. The van der Waals surface area contributed by atoms with Crippen molar-refractivity contribution in [3.63, 3.8) is 0 Å². The molecular weight excluding hydrogens is 796 g/mol. The number of aromatic nitrogens is 2. The molecule has 61 heavy (non-hydrogen) atoms. The van der Waals surface area contributed by atoms with Gasteiger partial charge in [-0.2, -0.15) is 4.98 Å². The number of halogens is 1. The van der Waals surface area contributed by atoms with Crippen LogP contribution in [0.3, 0.4) is 0 Å². The summed E-state index contributed by atoms with van der Waals surface area (Å²) in [5.41, 5.74) is 10.9. The number of fused-ring (bicyclic) bond motifs is 1. The minimum atomic E-state index is 0.320. The number of piperidine rings is 1. The van der Waals surface area contributed by atoms with Crippen molar-refractivity contribution in [3.05, 3.63) is 114 Å². The normalized spacial score (nSPS) is 18.1. The highest BCUT2D eigenvalue weighted by atomic mass is 35.5. The second-order valence-electron chi connectivity index (χ2n) is 17.1. The van der Waals surface area contributed by atoms with Gasteiger partial charge in [-0.3, -0.25) is 4.90 Å². The summed E-state index contributed by atoms with van der Waals surface area (Å²) in [5, 5.41) is 10.8. The quantitative estimate of drug-likeness (QED) is 0.0662. The summed E-state index contributed by atoms with van der Waals surface area (Å²) in [6, 6.07) is 23.0. The molecule has 0 amide bonds. The monoisotopic (exact) mass is 860 g/mol. The summed E-state index contributed by atoms with van der Waals surface area (Å²) in [6.45, 7) is 21.9. The summed E-state index contributed by atoms with van der Waals surface area (Å²) in [7, 11) is 1.97. The fourth-order valence-corrected chi connectivity index (χ4v) is 10.6. The van der Waals surface area contributed by atoms with Gasteiger partial charge in [0, 0.05) is 107 Å². The van der Waals surface area contributed by atoms with E-state index < -0.39 is 0 Å². The van der Waals surface area contributed by atoms with Gasteiger partial charge in [-0.15, -0.1) is 6.58 Å². The Morgan fingerprint density at radius 3 is 2.43 bits per heavy atom. The van der Waals surface area contributed by atoms with Crippen molar-refractivity contribution >= 4 is 63.8 Å². The van der Waals surface area contributed by atoms with E-state index in [-0.39, 0.29) is 0 Å². The lowest BCUT2D eigenvalue weighted by Gasteiger charge is -2.45. The van der Waals surface area contributed by atoms with E-state index in [0.717, 1.165) is 68.3 Å². The molecule has 12 heteroatoms. The Morgan fingerprint density at radius 2 is 1.70 bits per heavy atom. The second-order valence-corrected chi connectivity index (χ2v) is 18.3. The Bertz CT molecular complexity index is 2110. The average molecular weight is 862 g/mol. The van der Waals surface area contributed by atoms with Crippen molar-refractivity contribution in [1.29, 1.82) is 0 Å². The van der Waals surface area contributed by atoms with Gasteiger partial charge < -0.3 is 35.0 Å². The Kier molecular flexibility index (Phi) is 14.3. The van der Waals surface area contributed by atoms with E-state index >= 15 is 0 Å². The third-order valence-corrected chi connectivity index (χ3v) is 14.6. The zero-order valence-corrected chi connectivity index (χ0v) is 38.1. The number of aryl methyl sites for hydroxylation is 1. The lowest BCUT2D eigenvalue weighted by molar-refractivity contribution is 0.0808. The maximum atomic E-state index is 6.63. The van der Waals surface area contributed by atoms with Gasteiger partial charge in [0.15, 0.2) is 5.82 Å². The summed E-state index contributed by atoms with van der Waals surface area (Å²) in [4.78, 5) is 20.0. The predicted molar refractivity (Wildman–Crippen MR) is 261 cm³/mol. The van der Waals surface area contributed by atoms with Crippen molar-refractivity contribution in [1.82, 2.24) is 25.1 Å². The molecule has 3 fully saturated rings. The molecule has 3 aromatic carbocycles. The maximum absolute atomic E-state index is 6.63. The van der Waals surface area contributed by atoms with E-state index in [0.29, 0.717) is 28.7 Å². The van der Waals surface area contributed by atoms with Crippen molar-refractivity contribution in [2.45, 2.75) is 63.8 Å². The van der Waals surface area contributed by atoms with Gasteiger partial charge in [0.2, 0.25) is 5.95 Å². The highest BCUT2D eigenvalue weighted by Crippen LogP contribution is 2.41. The molecule has 0 saturated carbocycles. The molecule has 8 rings (SSSR count). The van der Waals surface area contributed by atoms with Gasteiger partial charge in [0.1, 0.15) is 5.02 Å². The molecule has 0 bridgehead atoms. The molecule has 3 saturated heterocycles. The van der Waals surface area contributed by atoms with Crippen LogP contribution in [0.5, 0.6) is 0 Å². The number of nitrogens with zero attached hydrogens (tertiary/aromatic N) is 7. The number of anilines is 7. The van der Waals surface area contributed by atoms with Crippen LogP contribution in [0.2, 0.25) is 5.02 Å². The molecule has 3 N–H and O–H groups in total. The second kappa shape index (κ2) is 20.2. The fourth-order valence-electron chi connectivity index (χ4n) is 9.75. The van der Waals surface area contributed by atoms with Crippen LogP contribution in [0.1, 0.15) is 61.6 Å². The molecule has 4 aromatic rings. The van der Waals surface area contributed by atoms with Crippen LogP contribution < -0.4 is 30.1 Å². The van der Waals surface area contributed by atoms with Gasteiger partial charge >= 0.3 is 0 Å². The lowest BCUT2D eigenvalue weighted by Crippen LogP contribution is -2.54. The first-order chi connectivity index (χ1) is 29.8. The van der Waals surface area contributed by atoms with Gasteiger partial charge in [0.05, 0.1) is 17.6 Å². The average Bonchev–Trinajstić information content (AvgIpc) is 3.72. The number of rotatable bonds is 18. The number of para-hydroxylation sites is 1. The molecular formula is C49H65ClN10S. The largest absolute Gasteiger partial charge is 0.391 e. The fraction of sp³-hybridized carbons (Fsp3) is 0.469. The molecule has 1 unspecified atom stereocenters. The highest BCUT2D eigenvalue weighted by molar-refractivity contribution is 8.00. The third kappa shape index (κ3) is 10.1. The van der Waals surface area contributed by atoms with Gasteiger partial charge in [-0.1, -0.05) is 67.4 Å². The smallest absolute Gasteiger partial charge is 0.229 e. The van der Waals surface area contributed by atoms with Crippen LogP contribution in [0, 0.1) is 5.92 Å². The first-order valence-corrected chi connectivity index (χ1v) is 24.1. The number of allylic oxidation sites excluding steroid dienone is 2. The Hall–Kier alpha value is -4.42. The lowest BCUT2D eigenvalue weighted by atomic mass is 9.90. The van der Waals surface area contributed by atoms with E-state index in [1.54, 1.807) is 18.1 Å². The molecule has 4 aliphatic rings. The van der Waals surface area contributed by atoms with Crippen LogP contribution in [0.25, 0.3) is 0 Å². The minimum Gasteiger partial charge on any atom is -0.391 e. The van der Waals surface area contributed by atoms with Gasteiger partial charge in [-0.25, -0.2) is 4.98 Å². The molecule has 10 nitrogen and oxygen atoms in total. The molecule has 324 valence electrons. The Balaban J connectivity index is 0.768. The molecule has 0 spiro atoms. The maximum Gasteiger partial charge on any atom is 0.229 e. The van der Waals surface area contributed by atoms with Gasteiger partial charge in [0.25, 0.3) is 0 Å². The first kappa shape index (κ1) is 43.2. The van der Waals surface area contributed by atoms with E-state index in [9.17, 15) is 0 Å². The van der Waals surface area contributed by atoms with Gasteiger partial charge in [-0.05, 0) is 110 Å². The van der Waals surface area contributed by atoms with Crippen LogP contribution >= 0.6 is 23.5 Å².